The maximum atomic E-state index is 5.54. The van der Waals surface area contributed by atoms with Crippen LogP contribution in [-0.2, 0) is 13.1 Å². The molecule has 0 saturated carbocycles. The fourth-order valence-electron chi connectivity index (χ4n) is 3.17. The molecule has 29 heavy (non-hydrogen) atoms. The Kier molecular flexibility index (Phi) is 6.16. The first kappa shape index (κ1) is 19.1. The molecule has 0 radical (unpaired) electrons. The van der Waals surface area contributed by atoms with Gasteiger partial charge in [-0.15, -0.1) is 0 Å². The largest absolute Gasteiger partial charge is 0.467 e. The van der Waals surface area contributed by atoms with Gasteiger partial charge < -0.3 is 19.4 Å². The molecule has 0 atom stereocenters. The van der Waals surface area contributed by atoms with Gasteiger partial charge in [0.25, 0.3) is 0 Å². The van der Waals surface area contributed by atoms with Crippen LogP contribution >= 0.6 is 0 Å². The summed E-state index contributed by atoms with van der Waals surface area (Å²) in [5.41, 5.74) is 1.09. The first-order valence-corrected chi connectivity index (χ1v) is 9.82. The summed E-state index contributed by atoms with van der Waals surface area (Å²) in [7, 11) is 0. The number of ether oxygens (including phenoxy) is 1. The van der Waals surface area contributed by atoms with Crippen LogP contribution in [-0.4, -0.2) is 57.6 Å². The number of piperazine rings is 1. The second-order valence-corrected chi connectivity index (χ2v) is 6.69. The van der Waals surface area contributed by atoms with Gasteiger partial charge in [-0.2, -0.15) is 15.0 Å². The van der Waals surface area contributed by atoms with E-state index >= 15 is 0 Å². The Morgan fingerprint density at radius 3 is 2.69 bits per heavy atom. The van der Waals surface area contributed by atoms with Gasteiger partial charge in [-0.1, -0.05) is 6.07 Å². The van der Waals surface area contributed by atoms with Gasteiger partial charge in [-0.05, 0) is 31.2 Å². The SMILES string of the molecule is CCOc1nc(NCc2ccco2)nc(N2CCN(Cc3ccccn3)CC2)n1. The van der Waals surface area contributed by atoms with E-state index in [0.29, 0.717) is 31.1 Å². The van der Waals surface area contributed by atoms with Crippen LogP contribution in [0.3, 0.4) is 0 Å². The number of hydrogen-bond donors (Lipinski definition) is 1. The van der Waals surface area contributed by atoms with E-state index in [-0.39, 0.29) is 0 Å². The lowest BCUT2D eigenvalue weighted by atomic mass is 10.3. The van der Waals surface area contributed by atoms with E-state index in [2.05, 4.69) is 41.1 Å². The molecule has 1 aliphatic rings. The molecule has 0 aliphatic carbocycles. The predicted molar refractivity (Wildman–Crippen MR) is 109 cm³/mol. The molecule has 9 nitrogen and oxygen atoms in total. The highest BCUT2D eigenvalue weighted by Crippen LogP contribution is 2.18. The normalized spacial score (nSPS) is 14.7. The molecule has 1 N–H and O–H groups in total. The molecule has 0 spiro atoms. The summed E-state index contributed by atoms with van der Waals surface area (Å²) in [4.78, 5) is 22.4. The van der Waals surface area contributed by atoms with Gasteiger partial charge in [0.1, 0.15) is 5.76 Å². The average Bonchev–Trinajstić information content (AvgIpc) is 3.27. The van der Waals surface area contributed by atoms with Crippen molar-refractivity contribution in [3.8, 4) is 6.01 Å². The van der Waals surface area contributed by atoms with Crippen LogP contribution in [0.25, 0.3) is 0 Å². The number of nitrogens with zero attached hydrogens (tertiary/aromatic N) is 6. The molecule has 1 fully saturated rings. The summed E-state index contributed by atoms with van der Waals surface area (Å²) in [5.74, 6) is 1.92. The van der Waals surface area contributed by atoms with Gasteiger partial charge in [0.15, 0.2) is 0 Å². The molecule has 0 unspecified atom stereocenters. The first-order valence-electron chi connectivity index (χ1n) is 9.82. The number of rotatable bonds is 8. The maximum absolute atomic E-state index is 5.54. The fourth-order valence-corrected chi connectivity index (χ4v) is 3.17. The smallest absolute Gasteiger partial charge is 0.323 e. The summed E-state index contributed by atoms with van der Waals surface area (Å²) in [5, 5.41) is 3.19. The minimum absolute atomic E-state index is 0.329. The lowest BCUT2D eigenvalue weighted by Crippen LogP contribution is -2.46. The molecule has 3 aromatic heterocycles. The average molecular weight is 395 g/mol. The molecule has 152 valence electrons. The van der Waals surface area contributed by atoms with Gasteiger partial charge in [0, 0.05) is 38.9 Å². The highest BCUT2D eigenvalue weighted by Gasteiger charge is 2.21. The van der Waals surface area contributed by atoms with Crippen molar-refractivity contribution in [1.29, 1.82) is 0 Å². The quantitative estimate of drug-likeness (QED) is 0.616. The lowest BCUT2D eigenvalue weighted by molar-refractivity contribution is 0.245. The maximum Gasteiger partial charge on any atom is 0.323 e. The highest BCUT2D eigenvalue weighted by molar-refractivity contribution is 5.39. The zero-order chi connectivity index (χ0) is 19.9. The van der Waals surface area contributed by atoms with Gasteiger partial charge in [0.05, 0.1) is 25.1 Å². The third-order valence-corrected chi connectivity index (χ3v) is 4.64. The van der Waals surface area contributed by atoms with E-state index in [0.717, 1.165) is 44.2 Å². The summed E-state index contributed by atoms with van der Waals surface area (Å²) >= 11 is 0. The summed E-state index contributed by atoms with van der Waals surface area (Å²) < 4.78 is 10.9. The lowest BCUT2D eigenvalue weighted by Gasteiger charge is -2.34. The molecule has 1 aliphatic heterocycles. The van der Waals surface area contributed by atoms with Gasteiger partial charge in [-0.3, -0.25) is 9.88 Å². The number of furan rings is 1. The predicted octanol–water partition coefficient (Wildman–Crippen LogP) is 2.19. The van der Waals surface area contributed by atoms with Crippen LogP contribution in [0.1, 0.15) is 18.4 Å². The van der Waals surface area contributed by atoms with Crippen LogP contribution in [0, 0.1) is 0 Å². The molecule has 3 aromatic rings. The molecule has 4 rings (SSSR count). The summed E-state index contributed by atoms with van der Waals surface area (Å²) in [6.45, 7) is 7.27. The number of hydrogen-bond acceptors (Lipinski definition) is 9. The molecule has 4 heterocycles. The Morgan fingerprint density at radius 1 is 1.07 bits per heavy atom. The standard InChI is InChI=1S/C20H25N7O2/c1-2-28-20-24-18(22-14-17-7-5-13-29-17)23-19(25-20)27-11-9-26(10-12-27)15-16-6-3-4-8-21-16/h3-8,13H,2,9-12,14-15H2,1H3,(H,22,23,24,25). The van der Waals surface area contributed by atoms with E-state index in [1.165, 1.54) is 0 Å². The number of pyridine rings is 1. The van der Waals surface area contributed by atoms with Gasteiger partial charge in [-0.25, -0.2) is 0 Å². The van der Waals surface area contributed by atoms with Gasteiger partial charge >= 0.3 is 6.01 Å². The zero-order valence-corrected chi connectivity index (χ0v) is 16.5. The van der Waals surface area contributed by atoms with Crippen LogP contribution < -0.4 is 15.0 Å². The van der Waals surface area contributed by atoms with E-state index in [1.54, 1.807) is 6.26 Å². The molecular weight excluding hydrogens is 370 g/mol. The van der Waals surface area contributed by atoms with E-state index in [4.69, 9.17) is 9.15 Å². The van der Waals surface area contributed by atoms with Crippen LogP contribution in [0.4, 0.5) is 11.9 Å². The summed E-state index contributed by atoms with van der Waals surface area (Å²) in [6, 6.07) is 10.1. The Labute approximate surface area is 169 Å². The Balaban J connectivity index is 1.40. The van der Waals surface area contributed by atoms with Crippen molar-refractivity contribution in [2.75, 3.05) is 43.0 Å². The fraction of sp³-hybridized carbons (Fsp3) is 0.400. The van der Waals surface area contributed by atoms with Crippen molar-refractivity contribution in [3.05, 3.63) is 54.2 Å². The first-order chi connectivity index (χ1) is 14.3. The third kappa shape index (κ3) is 5.20. The van der Waals surface area contributed by atoms with E-state index in [9.17, 15) is 0 Å². The highest BCUT2D eigenvalue weighted by atomic mass is 16.5. The van der Waals surface area contributed by atoms with Crippen LogP contribution in [0.15, 0.2) is 47.2 Å². The Morgan fingerprint density at radius 2 is 1.97 bits per heavy atom. The van der Waals surface area contributed by atoms with E-state index < -0.39 is 0 Å². The molecule has 0 bridgehead atoms. The van der Waals surface area contributed by atoms with Crippen LogP contribution in [0.5, 0.6) is 6.01 Å². The van der Waals surface area contributed by atoms with Crippen molar-refractivity contribution in [2.45, 2.75) is 20.0 Å². The number of anilines is 2. The van der Waals surface area contributed by atoms with Crippen LogP contribution in [0.2, 0.25) is 0 Å². The Hall–Kier alpha value is -3.20. The van der Waals surface area contributed by atoms with Crippen molar-refractivity contribution in [2.24, 2.45) is 0 Å². The van der Waals surface area contributed by atoms with Crippen molar-refractivity contribution < 1.29 is 9.15 Å². The second-order valence-electron chi connectivity index (χ2n) is 6.69. The zero-order valence-electron chi connectivity index (χ0n) is 16.5. The second kappa shape index (κ2) is 9.33. The number of aromatic nitrogens is 4. The van der Waals surface area contributed by atoms with Crippen molar-refractivity contribution >= 4 is 11.9 Å². The Bertz CT molecular complexity index is 881. The third-order valence-electron chi connectivity index (χ3n) is 4.64. The summed E-state index contributed by atoms with van der Waals surface area (Å²) in [6.07, 6.45) is 3.48. The molecule has 0 aromatic carbocycles. The van der Waals surface area contributed by atoms with Crippen molar-refractivity contribution in [3.63, 3.8) is 0 Å². The number of nitrogens with one attached hydrogen (secondary N) is 1. The van der Waals surface area contributed by atoms with E-state index in [1.807, 2.05) is 37.4 Å². The molecule has 9 heteroatoms. The molecule has 0 amide bonds. The molecule has 1 saturated heterocycles. The monoisotopic (exact) mass is 395 g/mol. The topological polar surface area (TPSA) is 92.4 Å². The van der Waals surface area contributed by atoms with Gasteiger partial charge in [0.2, 0.25) is 11.9 Å². The minimum atomic E-state index is 0.329. The minimum Gasteiger partial charge on any atom is -0.467 e. The van der Waals surface area contributed by atoms with Crippen molar-refractivity contribution in [1.82, 2.24) is 24.8 Å². The molecular formula is C20H25N7O2.